The fourth-order valence-corrected chi connectivity index (χ4v) is 3.90. The molecule has 6 nitrogen and oxygen atoms in total. The summed E-state index contributed by atoms with van der Waals surface area (Å²) in [5, 5.41) is 3.05. The number of amides is 2. The molecule has 2 aromatic carbocycles. The minimum atomic E-state index is -0.529. The second-order valence-corrected chi connectivity index (χ2v) is 9.65. The number of ether oxygens (including phenoxy) is 2. The van der Waals surface area contributed by atoms with Gasteiger partial charge in [-0.05, 0) is 63.8 Å². The summed E-state index contributed by atoms with van der Waals surface area (Å²) in [6.45, 7) is 11.3. The van der Waals surface area contributed by atoms with Crippen LogP contribution in [0.2, 0.25) is 0 Å². The molecular formula is C27H36N2O4. The number of rotatable bonds is 8. The molecule has 33 heavy (non-hydrogen) atoms. The van der Waals surface area contributed by atoms with Crippen LogP contribution in [0.15, 0.2) is 42.5 Å². The van der Waals surface area contributed by atoms with Gasteiger partial charge in [-0.25, -0.2) is 0 Å². The normalized spacial score (nSPS) is 13.8. The van der Waals surface area contributed by atoms with Crippen molar-refractivity contribution in [2.45, 2.75) is 72.0 Å². The van der Waals surface area contributed by atoms with Gasteiger partial charge in [0, 0.05) is 18.5 Å². The van der Waals surface area contributed by atoms with Crippen LogP contribution in [0.5, 0.6) is 11.5 Å². The number of carbonyl (C=O) groups excluding carboxylic acids is 2. The molecule has 0 radical (unpaired) electrons. The highest BCUT2D eigenvalue weighted by molar-refractivity contribution is 5.88. The maximum Gasteiger partial charge on any atom is 0.243 e. The van der Waals surface area contributed by atoms with Gasteiger partial charge in [0.05, 0.1) is 0 Å². The lowest BCUT2D eigenvalue weighted by molar-refractivity contribution is -0.142. The second-order valence-electron chi connectivity index (χ2n) is 9.65. The Bertz CT molecular complexity index is 963. The zero-order chi connectivity index (χ0) is 24.0. The van der Waals surface area contributed by atoms with Crippen molar-refractivity contribution in [3.63, 3.8) is 0 Å². The maximum absolute atomic E-state index is 13.4. The first-order chi connectivity index (χ1) is 15.7. The summed E-state index contributed by atoms with van der Waals surface area (Å²) in [6.07, 6.45) is 1.42. The Labute approximate surface area is 197 Å². The predicted octanol–water partition coefficient (Wildman–Crippen LogP) is 4.42. The molecule has 1 heterocycles. The Kier molecular flexibility index (Phi) is 8.01. The molecule has 1 atom stereocenters. The number of hydrogen-bond acceptors (Lipinski definition) is 4. The molecule has 178 valence electrons. The number of carbonyl (C=O) groups is 2. The van der Waals surface area contributed by atoms with Gasteiger partial charge in [-0.15, -0.1) is 0 Å². The van der Waals surface area contributed by atoms with Gasteiger partial charge in [-0.1, -0.05) is 42.8 Å². The van der Waals surface area contributed by atoms with E-state index in [0.29, 0.717) is 39.0 Å². The van der Waals surface area contributed by atoms with Gasteiger partial charge in [-0.2, -0.15) is 0 Å². The van der Waals surface area contributed by atoms with E-state index in [2.05, 4.69) is 5.32 Å². The van der Waals surface area contributed by atoms with Crippen LogP contribution in [0.4, 0.5) is 0 Å². The lowest BCUT2D eigenvalue weighted by Gasteiger charge is -2.33. The van der Waals surface area contributed by atoms with Crippen LogP contribution in [-0.4, -0.2) is 41.5 Å². The van der Waals surface area contributed by atoms with Gasteiger partial charge >= 0.3 is 0 Å². The molecule has 0 saturated carbocycles. The van der Waals surface area contributed by atoms with E-state index in [9.17, 15) is 9.59 Å². The van der Waals surface area contributed by atoms with Crippen molar-refractivity contribution in [3.8, 4) is 11.5 Å². The van der Waals surface area contributed by atoms with Crippen LogP contribution in [-0.2, 0) is 22.6 Å². The van der Waals surface area contributed by atoms with Crippen molar-refractivity contribution >= 4 is 11.8 Å². The molecule has 0 aliphatic carbocycles. The topological polar surface area (TPSA) is 67.9 Å². The van der Waals surface area contributed by atoms with E-state index in [0.717, 1.165) is 28.2 Å². The summed E-state index contributed by atoms with van der Waals surface area (Å²) in [4.78, 5) is 28.2. The van der Waals surface area contributed by atoms with Gasteiger partial charge in [0.25, 0.3) is 0 Å². The zero-order valence-corrected chi connectivity index (χ0v) is 20.4. The third-order valence-electron chi connectivity index (χ3n) is 5.59. The Morgan fingerprint density at radius 2 is 1.64 bits per heavy atom. The van der Waals surface area contributed by atoms with Gasteiger partial charge in [0.1, 0.15) is 19.3 Å². The monoisotopic (exact) mass is 452 g/mol. The minimum absolute atomic E-state index is 0.0404. The van der Waals surface area contributed by atoms with Gasteiger partial charge in [0.15, 0.2) is 11.5 Å². The van der Waals surface area contributed by atoms with Crippen molar-refractivity contribution in [1.82, 2.24) is 10.2 Å². The van der Waals surface area contributed by atoms with E-state index in [1.165, 1.54) is 0 Å². The van der Waals surface area contributed by atoms with Crippen molar-refractivity contribution in [2.24, 2.45) is 0 Å². The maximum atomic E-state index is 13.4. The average molecular weight is 453 g/mol. The smallest absolute Gasteiger partial charge is 0.243 e. The molecule has 0 unspecified atom stereocenters. The highest BCUT2D eigenvalue weighted by Gasteiger charge is 2.30. The third kappa shape index (κ3) is 6.98. The van der Waals surface area contributed by atoms with Gasteiger partial charge in [0.2, 0.25) is 11.8 Å². The second kappa shape index (κ2) is 10.7. The first kappa shape index (κ1) is 24.6. The Morgan fingerprint density at radius 3 is 2.27 bits per heavy atom. The van der Waals surface area contributed by atoms with Crippen LogP contribution in [0.3, 0.4) is 0 Å². The molecule has 0 aromatic heterocycles. The van der Waals surface area contributed by atoms with Gasteiger partial charge in [-0.3, -0.25) is 9.59 Å². The predicted molar refractivity (Wildman–Crippen MR) is 129 cm³/mol. The van der Waals surface area contributed by atoms with Crippen LogP contribution in [0.1, 0.15) is 57.2 Å². The zero-order valence-electron chi connectivity index (χ0n) is 20.4. The summed E-state index contributed by atoms with van der Waals surface area (Å²) in [6, 6.07) is 13.4. The number of hydrogen-bond donors (Lipinski definition) is 1. The Balaban J connectivity index is 1.77. The van der Waals surface area contributed by atoms with E-state index in [1.807, 2.05) is 77.1 Å². The van der Waals surface area contributed by atoms with Crippen molar-refractivity contribution in [2.75, 3.05) is 13.2 Å². The van der Waals surface area contributed by atoms with E-state index in [1.54, 1.807) is 4.90 Å². The van der Waals surface area contributed by atoms with Gasteiger partial charge < -0.3 is 19.7 Å². The number of nitrogens with one attached hydrogen (secondary N) is 1. The Morgan fingerprint density at radius 1 is 1.00 bits per heavy atom. The van der Waals surface area contributed by atoms with E-state index in [4.69, 9.17) is 9.47 Å². The lowest BCUT2D eigenvalue weighted by Crippen LogP contribution is -2.53. The molecule has 2 amide bonds. The first-order valence-corrected chi connectivity index (χ1v) is 11.7. The fraction of sp³-hybridized carbons (Fsp3) is 0.481. The summed E-state index contributed by atoms with van der Waals surface area (Å²) < 4.78 is 11.3. The number of aryl methyl sites for hydroxylation is 2. The molecule has 0 bridgehead atoms. The average Bonchev–Trinajstić information content (AvgIpc) is 2.77. The summed E-state index contributed by atoms with van der Waals surface area (Å²) in [7, 11) is 0. The van der Waals surface area contributed by atoms with Crippen LogP contribution in [0.25, 0.3) is 0 Å². The summed E-state index contributed by atoms with van der Waals surface area (Å²) in [5.41, 5.74) is 2.81. The van der Waals surface area contributed by atoms with Crippen LogP contribution < -0.4 is 14.8 Å². The molecule has 0 saturated heterocycles. The molecule has 3 rings (SSSR count). The molecule has 6 heteroatoms. The summed E-state index contributed by atoms with van der Waals surface area (Å²) >= 11 is 0. The van der Waals surface area contributed by atoms with Crippen molar-refractivity contribution in [3.05, 3.63) is 59.2 Å². The van der Waals surface area contributed by atoms with E-state index >= 15 is 0 Å². The molecule has 0 spiro atoms. The fourth-order valence-electron chi connectivity index (χ4n) is 3.90. The molecular weight excluding hydrogens is 416 g/mol. The molecule has 1 aliphatic rings. The highest BCUT2D eigenvalue weighted by Crippen LogP contribution is 2.31. The first-order valence-electron chi connectivity index (χ1n) is 11.7. The minimum Gasteiger partial charge on any atom is -0.486 e. The van der Waals surface area contributed by atoms with E-state index in [-0.39, 0.29) is 17.4 Å². The molecule has 0 fully saturated rings. The number of fused-ring (bicyclic) bond motifs is 1. The summed E-state index contributed by atoms with van der Waals surface area (Å²) in [5.74, 6) is 1.30. The quantitative estimate of drug-likeness (QED) is 0.644. The molecule has 1 aliphatic heterocycles. The SMILES string of the molecule is CC[C@@H](C(=O)NC(C)(C)C)N(Cc1ccc(C)cc1)C(=O)CCc1ccc2c(c1)OCCO2. The van der Waals surface area contributed by atoms with Crippen LogP contribution >= 0.6 is 0 Å². The Hall–Kier alpha value is -3.02. The van der Waals surface area contributed by atoms with Crippen molar-refractivity contribution < 1.29 is 19.1 Å². The number of nitrogens with zero attached hydrogens (tertiary/aromatic N) is 1. The standard InChI is InChI=1S/C27H36N2O4/c1-6-22(26(31)28-27(3,4)5)29(18-21-9-7-19(2)8-10-21)25(30)14-12-20-11-13-23-24(17-20)33-16-15-32-23/h7-11,13,17,22H,6,12,14-16,18H2,1-5H3,(H,28,31)/t22-/m0/s1. The lowest BCUT2D eigenvalue weighted by atomic mass is 10.0. The van der Waals surface area contributed by atoms with E-state index < -0.39 is 6.04 Å². The highest BCUT2D eigenvalue weighted by atomic mass is 16.6. The number of benzene rings is 2. The largest absolute Gasteiger partial charge is 0.486 e. The van der Waals surface area contributed by atoms with Crippen LogP contribution in [0, 0.1) is 6.92 Å². The molecule has 2 aromatic rings. The van der Waals surface area contributed by atoms with Crippen molar-refractivity contribution in [1.29, 1.82) is 0 Å². The molecule has 1 N–H and O–H groups in total. The third-order valence-corrected chi connectivity index (χ3v) is 5.59.